The zero-order valence-corrected chi connectivity index (χ0v) is 15.9. The number of amides is 1. The molecule has 0 radical (unpaired) electrons. The summed E-state index contributed by atoms with van der Waals surface area (Å²) in [6, 6.07) is 6.10. The van der Waals surface area contributed by atoms with Crippen LogP contribution in [0.3, 0.4) is 0 Å². The Kier molecular flexibility index (Phi) is 5.78. The molecule has 1 N–H and O–H groups in total. The van der Waals surface area contributed by atoms with Crippen molar-refractivity contribution in [1.29, 1.82) is 0 Å². The third-order valence-electron chi connectivity index (χ3n) is 3.96. The predicted octanol–water partition coefficient (Wildman–Crippen LogP) is 4.62. The Labute approximate surface area is 163 Å². The van der Waals surface area contributed by atoms with Gasteiger partial charge in [-0.2, -0.15) is 13.2 Å². The first-order valence-corrected chi connectivity index (χ1v) is 9.35. The highest BCUT2D eigenvalue weighted by Crippen LogP contribution is 2.30. The van der Waals surface area contributed by atoms with E-state index in [1.807, 2.05) is 18.4 Å². The molecule has 1 aromatic carbocycles. The molecule has 0 fully saturated rings. The Morgan fingerprint density at radius 1 is 1.21 bits per heavy atom. The van der Waals surface area contributed by atoms with E-state index in [-0.39, 0.29) is 11.7 Å². The number of rotatable bonds is 6. The summed E-state index contributed by atoms with van der Waals surface area (Å²) in [5, 5.41) is 11.5. The Balaban J connectivity index is 1.63. The van der Waals surface area contributed by atoms with Gasteiger partial charge in [0, 0.05) is 12.2 Å². The number of halogens is 3. The monoisotopic (exact) mass is 410 g/mol. The van der Waals surface area contributed by atoms with Crippen LogP contribution in [0.25, 0.3) is 11.4 Å². The van der Waals surface area contributed by atoms with E-state index in [0.29, 0.717) is 23.2 Å². The molecule has 0 spiro atoms. The number of nitrogens with zero attached hydrogens (tertiary/aromatic N) is 3. The third kappa shape index (κ3) is 4.38. The average Bonchev–Trinajstić information content (AvgIpc) is 3.24. The molecular formula is C18H17F3N4O2S. The molecule has 2 heterocycles. The lowest BCUT2D eigenvalue weighted by atomic mass is 10.2. The molecule has 3 aromatic rings. The van der Waals surface area contributed by atoms with Gasteiger partial charge in [0.2, 0.25) is 5.91 Å². The summed E-state index contributed by atoms with van der Waals surface area (Å²) in [6.45, 7) is 4.37. The standard InChI is InChI=1S/C18H17F3N4O2S/c1-3-25-16(14-8-9-27-11(14)2)23-24-17(25)28-10-15(26)22-13-6-4-12(5-7-13)18(19,20)21/h4-9H,3,10H2,1-2H3,(H,22,26). The number of thioether (sulfide) groups is 1. The minimum Gasteiger partial charge on any atom is -0.469 e. The van der Waals surface area contributed by atoms with Crippen LogP contribution in [0.2, 0.25) is 0 Å². The molecule has 28 heavy (non-hydrogen) atoms. The smallest absolute Gasteiger partial charge is 0.416 e. The molecule has 3 rings (SSSR count). The molecular weight excluding hydrogens is 393 g/mol. The minimum absolute atomic E-state index is 0.0452. The molecule has 10 heteroatoms. The van der Waals surface area contributed by atoms with Crippen molar-refractivity contribution in [3.8, 4) is 11.4 Å². The normalized spacial score (nSPS) is 11.6. The van der Waals surface area contributed by atoms with Crippen LogP contribution in [-0.4, -0.2) is 26.4 Å². The zero-order valence-electron chi connectivity index (χ0n) is 15.1. The maximum absolute atomic E-state index is 12.6. The van der Waals surface area contributed by atoms with Gasteiger partial charge in [-0.25, -0.2) is 0 Å². The number of hydrogen-bond acceptors (Lipinski definition) is 5. The maximum Gasteiger partial charge on any atom is 0.416 e. The first-order valence-electron chi connectivity index (χ1n) is 8.37. The van der Waals surface area contributed by atoms with E-state index in [0.717, 1.165) is 23.5 Å². The van der Waals surface area contributed by atoms with Crippen molar-refractivity contribution in [3.05, 3.63) is 47.9 Å². The molecule has 0 unspecified atom stereocenters. The number of carbonyl (C=O) groups excluding carboxylic acids is 1. The third-order valence-corrected chi connectivity index (χ3v) is 4.93. The van der Waals surface area contributed by atoms with E-state index in [1.165, 1.54) is 23.9 Å². The van der Waals surface area contributed by atoms with Crippen LogP contribution in [0.5, 0.6) is 0 Å². The lowest BCUT2D eigenvalue weighted by molar-refractivity contribution is -0.137. The van der Waals surface area contributed by atoms with Gasteiger partial charge in [0.15, 0.2) is 11.0 Å². The van der Waals surface area contributed by atoms with Crippen molar-refractivity contribution in [2.45, 2.75) is 31.7 Å². The summed E-state index contributed by atoms with van der Waals surface area (Å²) < 4.78 is 44.9. The van der Waals surface area contributed by atoms with Gasteiger partial charge in [-0.3, -0.25) is 4.79 Å². The first kappa shape index (κ1) is 20.0. The highest BCUT2D eigenvalue weighted by molar-refractivity contribution is 7.99. The van der Waals surface area contributed by atoms with Gasteiger partial charge < -0.3 is 14.3 Å². The van der Waals surface area contributed by atoms with E-state index in [2.05, 4.69) is 15.5 Å². The molecule has 148 valence electrons. The number of benzene rings is 1. The molecule has 0 saturated heterocycles. The molecule has 2 aromatic heterocycles. The topological polar surface area (TPSA) is 73.0 Å². The number of furan rings is 1. The van der Waals surface area contributed by atoms with Gasteiger partial charge in [0.1, 0.15) is 5.76 Å². The quantitative estimate of drug-likeness (QED) is 0.601. The highest BCUT2D eigenvalue weighted by Gasteiger charge is 2.30. The Bertz CT molecular complexity index is 964. The number of nitrogens with one attached hydrogen (secondary N) is 1. The molecule has 0 atom stereocenters. The van der Waals surface area contributed by atoms with Gasteiger partial charge in [-0.05, 0) is 44.2 Å². The molecule has 0 aliphatic heterocycles. The highest BCUT2D eigenvalue weighted by atomic mass is 32.2. The second-order valence-corrected chi connectivity index (χ2v) is 6.80. The summed E-state index contributed by atoms with van der Waals surface area (Å²) in [5.74, 6) is 1.07. The fourth-order valence-corrected chi connectivity index (χ4v) is 3.37. The van der Waals surface area contributed by atoms with Crippen LogP contribution >= 0.6 is 11.8 Å². The molecule has 0 saturated carbocycles. The molecule has 0 aliphatic rings. The van der Waals surface area contributed by atoms with Crippen molar-refractivity contribution < 1.29 is 22.4 Å². The Morgan fingerprint density at radius 2 is 1.93 bits per heavy atom. The lowest BCUT2D eigenvalue weighted by Gasteiger charge is -2.09. The van der Waals surface area contributed by atoms with Crippen molar-refractivity contribution in [2.24, 2.45) is 0 Å². The van der Waals surface area contributed by atoms with Crippen molar-refractivity contribution >= 4 is 23.4 Å². The van der Waals surface area contributed by atoms with Gasteiger partial charge in [-0.15, -0.1) is 10.2 Å². The van der Waals surface area contributed by atoms with Gasteiger partial charge in [-0.1, -0.05) is 11.8 Å². The van der Waals surface area contributed by atoms with Crippen LogP contribution in [0.1, 0.15) is 18.2 Å². The summed E-state index contributed by atoms with van der Waals surface area (Å²) in [6.07, 6.45) is -2.84. The van der Waals surface area contributed by atoms with Crippen LogP contribution in [-0.2, 0) is 17.5 Å². The van der Waals surface area contributed by atoms with Crippen molar-refractivity contribution in [1.82, 2.24) is 14.8 Å². The Hall–Kier alpha value is -2.75. The fourth-order valence-electron chi connectivity index (χ4n) is 2.57. The Morgan fingerprint density at radius 3 is 2.50 bits per heavy atom. The number of anilines is 1. The second-order valence-electron chi connectivity index (χ2n) is 5.85. The van der Waals surface area contributed by atoms with Gasteiger partial charge in [0.25, 0.3) is 0 Å². The number of carbonyl (C=O) groups is 1. The van der Waals surface area contributed by atoms with Crippen molar-refractivity contribution in [2.75, 3.05) is 11.1 Å². The van der Waals surface area contributed by atoms with Crippen LogP contribution in [0, 0.1) is 6.92 Å². The van der Waals surface area contributed by atoms with E-state index in [4.69, 9.17) is 4.42 Å². The van der Waals surface area contributed by atoms with Gasteiger partial charge >= 0.3 is 6.18 Å². The van der Waals surface area contributed by atoms with Crippen LogP contribution < -0.4 is 5.32 Å². The molecule has 0 bridgehead atoms. The molecule has 6 nitrogen and oxygen atoms in total. The lowest BCUT2D eigenvalue weighted by Crippen LogP contribution is -2.15. The number of hydrogen-bond donors (Lipinski definition) is 1. The summed E-state index contributed by atoms with van der Waals surface area (Å²) in [7, 11) is 0. The predicted molar refractivity (Wildman–Crippen MR) is 98.9 cm³/mol. The summed E-state index contributed by atoms with van der Waals surface area (Å²) >= 11 is 1.20. The van der Waals surface area contributed by atoms with E-state index < -0.39 is 11.7 Å². The second kappa shape index (κ2) is 8.09. The number of aromatic nitrogens is 3. The van der Waals surface area contributed by atoms with Gasteiger partial charge in [0.05, 0.1) is 23.1 Å². The van der Waals surface area contributed by atoms with E-state index in [9.17, 15) is 18.0 Å². The molecule has 1 amide bonds. The molecule has 0 aliphatic carbocycles. The van der Waals surface area contributed by atoms with E-state index >= 15 is 0 Å². The zero-order chi connectivity index (χ0) is 20.3. The van der Waals surface area contributed by atoms with Crippen molar-refractivity contribution in [3.63, 3.8) is 0 Å². The SMILES string of the molecule is CCn1c(SCC(=O)Nc2ccc(C(F)(F)F)cc2)nnc1-c1ccoc1C. The largest absolute Gasteiger partial charge is 0.469 e. The first-order chi connectivity index (χ1) is 13.3. The maximum atomic E-state index is 12.6. The van der Waals surface area contributed by atoms with Crippen LogP contribution in [0.4, 0.5) is 18.9 Å². The number of aryl methyl sites for hydroxylation is 1. The fraction of sp³-hybridized carbons (Fsp3) is 0.278. The van der Waals surface area contributed by atoms with Crippen LogP contribution in [0.15, 0.2) is 46.2 Å². The van der Waals surface area contributed by atoms with E-state index in [1.54, 1.807) is 12.3 Å². The number of alkyl halides is 3. The minimum atomic E-state index is -4.41. The average molecular weight is 410 g/mol. The summed E-state index contributed by atoms with van der Waals surface area (Å²) in [5.41, 5.74) is 0.360. The summed E-state index contributed by atoms with van der Waals surface area (Å²) in [4.78, 5) is 12.1.